The number of carbonyl (C=O) groups excluding carboxylic acids is 3. The lowest BCUT2D eigenvalue weighted by Gasteiger charge is -2.36. The molecule has 3 amide bonds. The van der Waals surface area contributed by atoms with E-state index in [0.717, 1.165) is 44.1 Å². The van der Waals surface area contributed by atoms with Crippen molar-refractivity contribution in [3.05, 3.63) is 35.9 Å². The predicted octanol–water partition coefficient (Wildman–Crippen LogP) is 5.74. The first-order valence-electron chi connectivity index (χ1n) is 13.7. The number of alkyl carbamates (subject to hydrolysis) is 1. The van der Waals surface area contributed by atoms with Gasteiger partial charge in [0, 0.05) is 12.6 Å². The van der Waals surface area contributed by atoms with E-state index in [9.17, 15) is 14.4 Å². The molecule has 0 spiro atoms. The number of rotatable bonds is 11. The summed E-state index contributed by atoms with van der Waals surface area (Å²) in [5.41, 5.74) is 0.0972. The summed E-state index contributed by atoms with van der Waals surface area (Å²) in [6, 6.07) is 8.07. The van der Waals surface area contributed by atoms with E-state index in [1.165, 1.54) is 6.42 Å². The predicted molar refractivity (Wildman–Crippen MR) is 143 cm³/mol. The minimum Gasteiger partial charge on any atom is -0.444 e. The summed E-state index contributed by atoms with van der Waals surface area (Å²) in [4.78, 5) is 42.1. The highest BCUT2D eigenvalue weighted by Gasteiger charge is 2.37. The molecule has 0 heterocycles. The molecule has 2 atom stereocenters. The van der Waals surface area contributed by atoms with Gasteiger partial charge in [0.15, 0.2) is 0 Å². The van der Waals surface area contributed by atoms with Crippen LogP contribution >= 0.6 is 0 Å². The van der Waals surface area contributed by atoms with E-state index >= 15 is 0 Å². The van der Waals surface area contributed by atoms with E-state index in [4.69, 9.17) is 4.74 Å². The molecule has 1 aliphatic rings. The largest absolute Gasteiger partial charge is 0.444 e. The number of nitrogens with zero attached hydrogens (tertiary/aromatic N) is 1. The monoisotopic (exact) mass is 501 g/mol. The molecule has 0 bridgehead atoms. The van der Waals surface area contributed by atoms with Gasteiger partial charge in [0.25, 0.3) is 0 Å². The standard InChI is InChI=1S/C29H47N3O4/c1-7-8-19-32(27(34)24(20-21(2)3)31-28(35)36-29(4,5)6)25(22-15-11-9-12-16-22)26(33)30-23-17-13-10-14-18-23/h9,11-12,15-16,21,23-25H,7-8,10,13-14,17-20H2,1-6H3,(H,30,33)(H,31,35). The summed E-state index contributed by atoms with van der Waals surface area (Å²) in [6.07, 6.45) is 6.80. The highest BCUT2D eigenvalue weighted by molar-refractivity contribution is 5.92. The van der Waals surface area contributed by atoms with Crippen LogP contribution in [-0.4, -0.2) is 47.0 Å². The Kier molecular flexibility index (Phi) is 11.7. The van der Waals surface area contributed by atoms with Gasteiger partial charge in [-0.15, -0.1) is 0 Å². The van der Waals surface area contributed by atoms with Crippen molar-refractivity contribution in [2.75, 3.05) is 6.54 Å². The summed E-state index contributed by atoms with van der Waals surface area (Å²) in [7, 11) is 0. The van der Waals surface area contributed by atoms with E-state index < -0.39 is 23.8 Å². The molecule has 0 aromatic heterocycles. The fraction of sp³-hybridized carbons (Fsp3) is 0.690. The summed E-state index contributed by atoms with van der Waals surface area (Å²) in [5.74, 6) is -0.248. The van der Waals surface area contributed by atoms with E-state index in [1.54, 1.807) is 25.7 Å². The number of unbranched alkanes of at least 4 members (excludes halogenated alkanes) is 1. The Hall–Kier alpha value is -2.57. The summed E-state index contributed by atoms with van der Waals surface area (Å²) in [6.45, 7) is 11.9. The van der Waals surface area contributed by atoms with Gasteiger partial charge in [0.05, 0.1) is 0 Å². The molecule has 1 aromatic rings. The molecule has 7 heteroatoms. The molecular weight excluding hydrogens is 454 g/mol. The highest BCUT2D eigenvalue weighted by atomic mass is 16.6. The topological polar surface area (TPSA) is 87.7 Å². The van der Waals surface area contributed by atoms with Crippen molar-refractivity contribution in [3.8, 4) is 0 Å². The van der Waals surface area contributed by atoms with Crippen LogP contribution in [0.15, 0.2) is 30.3 Å². The lowest BCUT2D eigenvalue weighted by atomic mass is 9.94. The minimum absolute atomic E-state index is 0.131. The van der Waals surface area contributed by atoms with Crippen LogP contribution in [0.3, 0.4) is 0 Å². The van der Waals surface area contributed by atoms with Gasteiger partial charge in [-0.05, 0) is 57.9 Å². The number of amides is 3. The Morgan fingerprint density at radius 1 is 1.06 bits per heavy atom. The molecule has 2 rings (SSSR count). The van der Waals surface area contributed by atoms with Gasteiger partial charge in [0.1, 0.15) is 17.7 Å². The fourth-order valence-electron chi connectivity index (χ4n) is 4.67. The van der Waals surface area contributed by atoms with Crippen molar-refractivity contribution in [2.24, 2.45) is 5.92 Å². The number of nitrogens with one attached hydrogen (secondary N) is 2. The van der Waals surface area contributed by atoms with Crippen LogP contribution in [0.4, 0.5) is 4.79 Å². The number of hydrogen-bond acceptors (Lipinski definition) is 4. The van der Waals surface area contributed by atoms with Crippen LogP contribution in [0.5, 0.6) is 0 Å². The molecule has 7 nitrogen and oxygen atoms in total. The Morgan fingerprint density at radius 2 is 1.69 bits per heavy atom. The Labute approximate surface area is 217 Å². The molecule has 0 radical (unpaired) electrons. The third kappa shape index (κ3) is 9.82. The van der Waals surface area contributed by atoms with Crippen molar-refractivity contribution < 1.29 is 19.1 Å². The van der Waals surface area contributed by atoms with E-state index in [0.29, 0.717) is 13.0 Å². The molecule has 0 saturated heterocycles. The molecule has 2 N–H and O–H groups in total. The molecule has 1 aromatic carbocycles. The van der Waals surface area contributed by atoms with Crippen LogP contribution in [0.25, 0.3) is 0 Å². The van der Waals surface area contributed by atoms with Crippen LogP contribution in [0.2, 0.25) is 0 Å². The first-order chi connectivity index (χ1) is 17.0. The number of benzene rings is 1. The third-order valence-corrected chi connectivity index (χ3v) is 6.36. The molecule has 36 heavy (non-hydrogen) atoms. The average Bonchev–Trinajstić information content (AvgIpc) is 2.80. The first-order valence-corrected chi connectivity index (χ1v) is 13.7. The summed E-state index contributed by atoms with van der Waals surface area (Å²) < 4.78 is 5.45. The SMILES string of the molecule is CCCCN(C(=O)C(CC(C)C)NC(=O)OC(C)(C)C)C(C(=O)NC1CCCCC1)c1ccccc1. The highest BCUT2D eigenvalue weighted by Crippen LogP contribution is 2.26. The molecule has 202 valence electrons. The summed E-state index contributed by atoms with van der Waals surface area (Å²) in [5, 5.41) is 6.04. The summed E-state index contributed by atoms with van der Waals surface area (Å²) >= 11 is 0. The van der Waals surface area contributed by atoms with Crippen molar-refractivity contribution in [1.82, 2.24) is 15.5 Å². The van der Waals surface area contributed by atoms with Crippen LogP contribution in [0.1, 0.15) is 105 Å². The zero-order chi connectivity index (χ0) is 26.7. The second-order valence-electron chi connectivity index (χ2n) is 11.4. The van der Waals surface area contributed by atoms with E-state index in [2.05, 4.69) is 17.6 Å². The maximum atomic E-state index is 14.1. The second-order valence-corrected chi connectivity index (χ2v) is 11.4. The Morgan fingerprint density at radius 3 is 2.25 bits per heavy atom. The van der Waals surface area contributed by atoms with Crippen LogP contribution in [-0.2, 0) is 14.3 Å². The fourth-order valence-corrected chi connectivity index (χ4v) is 4.67. The average molecular weight is 502 g/mol. The number of hydrogen-bond donors (Lipinski definition) is 2. The molecule has 1 aliphatic carbocycles. The molecular formula is C29H47N3O4. The molecule has 0 aliphatic heterocycles. The molecule has 1 saturated carbocycles. The maximum absolute atomic E-state index is 14.1. The molecule has 1 fully saturated rings. The van der Waals surface area contributed by atoms with Gasteiger partial charge in [-0.2, -0.15) is 0 Å². The smallest absolute Gasteiger partial charge is 0.408 e. The van der Waals surface area contributed by atoms with Gasteiger partial charge in [0.2, 0.25) is 11.8 Å². The van der Waals surface area contributed by atoms with Gasteiger partial charge >= 0.3 is 6.09 Å². The van der Waals surface area contributed by atoms with Crippen LogP contribution < -0.4 is 10.6 Å². The van der Waals surface area contributed by atoms with Gasteiger partial charge < -0.3 is 20.3 Å². The third-order valence-electron chi connectivity index (χ3n) is 6.36. The van der Waals surface area contributed by atoms with E-state index in [1.807, 2.05) is 44.2 Å². The van der Waals surface area contributed by atoms with Gasteiger partial charge in [-0.25, -0.2) is 4.79 Å². The van der Waals surface area contributed by atoms with Crippen molar-refractivity contribution in [1.29, 1.82) is 0 Å². The lowest BCUT2D eigenvalue weighted by molar-refractivity contribution is -0.143. The quantitative estimate of drug-likeness (QED) is 0.404. The normalized spacial score (nSPS) is 16.2. The Bertz CT molecular complexity index is 829. The van der Waals surface area contributed by atoms with Crippen molar-refractivity contribution in [3.63, 3.8) is 0 Å². The van der Waals surface area contributed by atoms with E-state index in [-0.39, 0.29) is 23.8 Å². The lowest BCUT2D eigenvalue weighted by Crippen LogP contribution is -2.54. The first kappa shape index (κ1) is 29.7. The zero-order valence-electron chi connectivity index (χ0n) is 23.1. The maximum Gasteiger partial charge on any atom is 0.408 e. The van der Waals surface area contributed by atoms with Crippen molar-refractivity contribution >= 4 is 17.9 Å². The Balaban J connectivity index is 2.39. The zero-order valence-corrected chi connectivity index (χ0v) is 23.1. The minimum atomic E-state index is -0.787. The number of carbonyl (C=O) groups is 3. The van der Waals surface area contributed by atoms with Crippen molar-refractivity contribution in [2.45, 2.75) is 117 Å². The van der Waals surface area contributed by atoms with Gasteiger partial charge in [-0.1, -0.05) is 76.8 Å². The second kappa shape index (κ2) is 14.2. The number of ether oxygens (including phenoxy) is 1. The van der Waals surface area contributed by atoms with Crippen LogP contribution in [0, 0.1) is 5.92 Å². The van der Waals surface area contributed by atoms with Gasteiger partial charge in [-0.3, -0.25) is 9.59 Å². The molecule has 2 unspecified atom stereocenters.